The van der Waals surface area contributed by atoms with Crippen molar-refractivity contribution in [3.05, 3.63) is 108 Å². The Morgan fingerprint density at radius 2 is 1.67 bits per heavy atom. The highest BCUT2D eigenvalue weighted by Gasteiger charge is 2.11. The molecule has 4 rings (SSSR count). The van der Waals surface area contributed by atoms with Crippen LogP contribution < -0.4 is 4.74 Å². The number of fused-ring (bicyclic) bond motifs is 1. The van der Waals surface area contributed by atoms with Crippen LogP contribution in [0.2, 0.25) is 0 Å². The molecule has 3 aromatic carbocycles. The third-order valence-corrected chi connectivity index (χ3v) is 4.78. The van der Waals surface area contributed by atoms with Crippen LogP contribution in [-0.2, 0) is 16.1 Å². The molecular formula is C26H23NO3. The molecule has 0 bridgehead atoms. The number of rotatable bonds is 7. The largest absolute Gasteiger partial charge is 0.489 e. The van der Waals surface area contributed by atoms with E-state index in [1.165, 1.54) is 6.08 Å². The van der Waals surface area contributed by atoms with Crippen LogP contribution in [0.1, 0.15) is 18.1 Å². The van der Waals surface area contributed by atoms with E-state index in [9.17, 15) is 4.79 Å². The summed E-state index contributed by atoms with van der Waals surface area (Å²) in [4.78, 5) is 12.2. The Morgan fingerprint density at radius 1 is 0.933 bits per heavy atom. The molecule has 0 aliphatic carbocycles. The highest BCUT2D eigenvalue weighted by Crippen LogP contribution is 2.28. The lowest BCUT2D eigenvalue weighted by Crippen LogP contribution is -2.05. The lowest BCUT2D eigenvalue weighted by atomic mass is 10.1. The molecule has 0 unspecified atom stereocenters. The molecule has 0 atom stereocenters. The van der Waals surface area contributed by atoms with Crippen LogP contribution in [0.15, 0.2) is 97.2 Å². The summed E-state index contributed by atoms with van der Waals surface area (Å²) in [6.07, 6.45) is 3.50. The van der Waals surface area contributed by atoms with Gasteiger partial charge in [-0.2, -0.15) is 0 Å². The lowest BCUT2D eigenvalue weighted by molar-refractivity contribution is -0.137. The number of benzene rings is 3. The topological polar surface area (TPSA) is 40.5 Å². The summed E-state index contributed by atoms with van der Waals surface area (Å²) >= 11 is 0. The summed E-state index contributed by atoms with van der Waals surface area (Å²) in [7, 11) is 0. The van der Waals surface area contributed by atoms with Crippen molar-refractivity contribution in [2.24, 2.45) is 0 Å². The van der Waals surface area contributed by atoms with E-state index >= 15 is 0 Å². The highest BCUT2D eigenvalue weighted by atomic mass is 16.5. The van der Waals surface area contributed by atoms with Gasteiger partial charge in [0.05, 0.1) is 17.8 Å². The van der Waals surface area contributed by atoms with Crippen molar-refractivity contribution in [1.82, 2.24) is 4.57 Å². The predicted octanol–water partition coefficient (Wildman–Crippen LogP) is 5.67. The molecule has 4 aromatic rings. The van der Waals surface area contributed by atoms with Crippen LogP contribution in [-0.4, -0.2) is 17.1 Å². The lowest BCUT2D eigenvalue weighted by Gasteiger charge is -2.12. The van der Waals surface area contributed by atoms with Gasteiger partial charge in [-0.15, -0.1) is 0 Å². The van der Waals surface area contributed by atoms with Gasteiger partial charge in [-0.25, -0.2) is 4.79 Å². The first kappa shape index (κ1) is 19.5. The molecule has 0 fully saturated rings. The van der Waals surface area contributed by atoms with Crippen LogP contribution in [0.3, 0.4) is 0 Å². The van der Waals surface area contributed by atoms with Gasteiger partial charge >= 0.3 is 5.97 Å². The van der Waals surface area contributed by atoms with Crippen LogP contribution in [0, 0.1) is 0 Å². The number of hydrogen-bond acceptors (Lipinski definition) is 3. The number of carbonyl (C=O) groups is 1. The van der Waals surface area contributed by atoms with Crippen molar-refractivity contribution >= 4 is 22.6 Å². The smallest absolute Gasteiger partial charge is 0.332 e. The quantitative estimate of drug-likeness (QED) is 0.298. The van der Waals surface area contributed by atoms with Crippen molar-refractivity contribution in [2.45, 2.75) is 13.5 Å². The van der Waals surface area contributed by atoms with E-state index in [1.54, 1.807) is 6.92 Å². The molecule has 0 aliphatic rings. The molecule has 4 nitrogen and oxygen atoms in total. The second-order valence-corrected chi connectivity index (χ2v) is 6.83. The maximum atomic E-state index is 12.2. The van der Waals surface area contributed by atoms with Crippen LogP contribution >= 0.6 is 0 Å². The van der Waals surface area contributed by atoms with Crippen LogP contribution in [0.25, 0.3) is 16.6 Å². The Kier molecular flexibility index (Phi) is 5.95. The molecule has 150 valence electrons. The fraction of sp³-hybridized carbons (Fsp3) is 0.115. The van der Waals surface area contributed by atoms with E-state index in [4.69, 9.17) is 9.47 Å². The van der Waals surface area contributed by atoms with Gasteiger partial charge in [0.25, 0.3) is 0 Å². The number of esters is 1. The van der Waals surface area contributed by atoms with Gasteiger partial charge in [0.15, 0.2) is 0 Å². The third kappa shape index (κ3) is 4.44. The van der Waals surface area contributed by atoms with Gasteiger partial charge in [-0.1, -0.05) is 60.7 Å². The van der Waals surface area contributed by atoms with Crippen molar-refractivity contribution in [2.75, 3.05) is 6.61 Å². The van der Waals surface area contributed by atoms with Gasteiger partial charge in [-0.05, 0) is 42.3 Å². The summed E-state index contributed by atoms with van der Waals surface area (Å²) < 4.78 is 13.1. The summed E-state index contributed by atoms with van der Waals surface area (Å²) in [6, 6.07) is 27.9. The number of hydrogen-bond donors (Lipinski definition) is 0. The Morgan fingerprint density at radius 3 is 2.40 bits per heavy atom. The number of nitrogens with zero attached hydrogens (tertiary/aromatic N) is 1. The average molecular weight is 397 g/mol. The molecule has 0 saturated heterocycles. The molecule has 0 aliphatic heterocycles. The molecule has 1 aromatic heterocycles. The van der Waals surface area contributed by atoms with Crippen LogP contribution in [0.4, 0.5) is 0 Å². The average Bonchev–Trinajstić information content (AvgIpc) is 3.20. The van der Waals surface area contributed by atoms with E-state index < -0.39 is 0 Å². The molecule has 0 N–H and O–H groups in total. The molecule has 4 heteroatoms. The molecule has 0 amide bonds. The highest BCUT2D eigenvalue weighted by molar-refractivity contribution is 5.95. The van der Waals surface area contributed by atoms with E-state index in [0.717, 1.165) is 33.5 Å². The van der Waals surface area contributed by atoms with E-state index in [0.29, 0.717) is 13.2 Å². The SMILES string of the molecule is CCOC(=O)/C=C(\c1ccccc1)n1ccc2cc(OCc3ccccc3)ccc21. The maximum Gasteiger partial charge on any atom is 0.332 e. The minimum absolute atomic E-state index is 0.339. The zero-order valence-electron chi connectivity index (χ0n) is 16.8. The number of ether oxygens (including phenoxy) is 2. The zero-order valence-corrected chi connectivity index (χ0v) is 16.8. The number of carbonyl (C=O) groups excluding carboxylic acids is 1. The Bertz CT molecular complexity index is 1160. The minimum Gasteiger partial charge on any atom is -0.489 e. The summed E-state index contributed by atoms with van der Waals surface area (Å²) in [6.45, 7) is 2.66. The van der Waals surface area contributed by atoms with Gasteiger partial charge in [0.1, 0.15) is 12.4 Å². The van der Waals surface area contributed by atoms with Crippen molar-refractivity contribution in [1.29, 1.82) is 0 Å². The fourth-order valence-corrected chi connectivity index (χ4v) is 3.36. The third-order valence-electron chi connectivity index (χ3n) is 4.78. The van der Waals surface area contributed by atoms with E-state index in [2.05, 4.69) is 0 Å². The first-order chi connectivity index (χ1) is 14.7. The van der Waals surface area contributed by atoms with Crippen molar-refractivity contribution in [3.63, 3.8) is 0 Å². The second kappa shape index (κ2) is 9.14. The first-order valence-electron chi connectivity index (χ1n) is 9.96. The monoisotopic (exact) mass is 397 g/mol. The zero-order chi connectivity index (χ0) is 20.8. The van der Waals surface area contributed by atoms with Gasteiger partial charge in [0.2, 0.25) is 0 Å². The molecular weight excluding hydrogens is 374 g/mol. The van der Waals surface area contributed by atoms with Gasteiger partial charge in [0, 0.05) is 17.7 Å². The summed E-state index contributed by atoms with van der Waals surface area (Å²) in [5.74, 6) is 0.445. The van der Waals surface area contributed by atoms with Gasteiger partial charge < -0.3 is 14.0 Å². The van der Waals surface area contributed by atoms with Crippen LogP contribution in [0.5, 0.6) is 5.75 Å². The summed E-state index contributed by atoms with van der Waals surface area (Å²) in [5.41, 5.74) is 3.81. The molecule has 1 heterocycles. The Labute approximate surface area is 176 Å². The second-order valence-electron chi connectivity index (χ2n) is 6.83. The normalized spacial score (nSPS) is 11.4. The van der Waals surface area contributed by atoms with Crippen molar-refractivity contribution in [3.8, 4) is 5.75 Å². The summed E-state index contributed by atoms with van der Waals surface area (Å²) in [5, 5.41) is 1.03. The predicted molar refractivity (Wildman–Crippen MR) is 119 cm³/mol. The van der Waals surface area contributed by atoms with Crippen molar-refractivity contribution < 1.29 is 14.3 Å². The number of aromatic nitrogens is 1. The maximum absolute atomic E-state index is 12.2. The molecule has 0 spiro atoms. The van der Waals surface area contributed by atoms with E-state index in [-0.39, 0.29) is 5.97 Å². The van der Waals surface area contributed by atoms with Gasteiger partial charge in [-0.3, -0.25) is 0 Å². The molecule has 30 heavy (non-hydrogen) atoms. The fourth-order valence-electron chi connectivity index (χ4n) is 3.36. The Hall–Kier alpha value is -3.79. The Balaban J connectivity index is 1.66. The standard InChI is InChI=1S/C26H23NO3/c1-2-29-26(28)18-25(21-11-7-4-8-12-21)27-16-15-22-17-23(13-14-24(22)27)30-19-20-9-5-3-6-10-20/h3-18H,2,19H2,1H3/b25-18+. The molecule has 0 radical (unpaired) electrons. The first-order valence-corrected chi connectivity index (χ1v) is 9.96. The van der Waals surface area contributed by atoms with E-state index in [1.807, 2.05) is 95.7 Å². The molecule has 0 saturated carbocycles. The minimum atomic E-state index is -0.360.